The first-order valence-electron chi connectivity index (χ1n) is 9.86. The normalized spacial score (nSPS) is 16.7. The molecule has 2 rings (SSSR count). The molecule has 9 heteroatoms. The van der Waals surface area contributed by atoms with Crippen LogP contribution in [-0.4, -0.2) is 93.4 Å². The molecule has 0 aromatic carbocycles. The third-order valence-corrected chi connectivity index (χ3v) is 4.26. The van der Waals surface area contributed by atoms with E-state index in [0.717, 1.165) is 11.4 Å². The number of aliphatic carboxylic acids is 2. The van der Waals surface area contributed by atoms with E-state index < -0.39 is 11.9 Å². The molecule has 0 saturated carbocycles. The van der Waals surface area contributed by atoms with Crippen molar-refractivity contribution in [3.63, 3.8) is 0 Å². The van der Waals surface area contributed by atoms with Gasteiger partial charge in [0.1, 0.15) is 5.78 Å². The maximum atomic E-state index is 11.6. The van der Waals surface area contributed by atoms with Gasteiger partial charge in [-0.3, -0.25) is 34.1 Å². The standard InChI is InChI=1S/C18H26N4O5.C2H6/c1-14(23)9-20-5-7-21(12-17(24)25)10-15-3-2-4-16(19-15)11-22(8-6-20)13-18(26)27;1-2/h2-4H,5-13H2,1H3,(H,24,25)(H,26,27);1-2H3. The summed E-state index contributed by atoms with van der Waals surface area (Å²) in [6.07, 6.45) is 0. The van der Waals surface area contributed by atoms with Gasteiger partial charge >= 0.3 is 11.9 Å². The summed E-state index contributed by atoms with van der Waals surface area (Å²) in [5.41, 5.74) is 1.48. The summed E-state index contributed by atoms with van der Waals surface area (Å²) in [6.45, 7) is 8.31. The van der Waals surface area contributed by atoms with Crippen molar-refractivity contribution in [3.8, 4) is 0 Å². The van der Waals surface area contributed by atoms with Gasteiger partial charge in [-0.2, -0.15) is 0 Å². The van der Waals surface area contributed by atoms with Gasteiger partial charge in [-0.25, -0.2) is 0 Å². The van der Waals surface area contributed by atoms with Crippen molar-refractivity contribution < 1.29 is 24.6 Å². The van der Waals surface area contributed by atoms with E-state index in [4.69, 9.17) is 10.2 Å². The Morgan fingerprint density at radius 2 is 1.24 bits per heavy atom. The zero-order valence-electron chi connectivity index (χ0n) is 17.5. The Hall–Kier alpha value is -2.36. The average molecular weight is 408 g/mol. The maximum Gasteiger partial charge on any atom is 0.317 e. The molecule has 29 heavy (non-hydrogen) atoms. The number of aromatic nitrogens is 1. The fourth-order valence-electron chi connectivity index (χ4n) is 3.12. The van der Waals surface area contributed by atoms with Crippen LogP contribution >= 0.6 is 0 Å². The molecule has 0 spiro atoms. The fourth-order valence-corrected chi connectivity index (χ4v) is 3.12. The molecule has 0 radical (unpaired) electrons. The molecule has 0 saturated heterocycles. The molecule has 0 fully saturated rings. The maximum absolute atomic E-state index is 11.6. The number of Topliss-reactive ketones (excluding diaryl/α,β-unsaturated/α-hetero) is 1. The predicted molar refractivity (Wildman–Crippen MR) is 109 cm³/mol. The van der Waals surface area contributed by atoms with Crippen molar-refractivity contribution in [1.29, 1.82) is 0 Å². The van der Waals surface area contributed by atoms with Gasteiger partial charge in [0, 0.05) is 39.3 Å². The van der Waals surface area contributed by atoms with Crippen LogP contribution in [0.15, 0.2) is 18.2 Å². The Morgan fingerprint density at radius 1 is 0.828 bits per heavy atom. The second-order valence-corrected chi connectivity index (χ2v) is 6.81. The lowest BCUT2D eigenvalue weighted by atomic mass is 10.2. The molecule has 2 N–H and O–H groups in total. The van der Waals surface area contributed by atoms with E-state index in [-0.39, 0.29) is 25.4 Å². The SMILES string of the molecule is CC.CC(=O)CN1CCN(CC(=O)O)Cc2cccc(n2)CN(CC(=O)O)CC1. The predicted octanol–water partition coefficient (Wildman–Crippen LogP) is 0.786. The Labute approximate surface area is 171 Å². The van der Waals surface area contributed by atoms with Crippen LogP contribution in [0.2, 0.25) is 0 Å². The molecular weight excluding hydrogens is 376 g/mol. The highest BCUT2D eigenvalue weighted by Crippen LogP contribution is 2.09. The Bertz CT molecular complexity index is 637. The van der Waals surface area contributed by atoms with Gasteiger partial charge in [0.05, 0.1) is 31.0 Å². The van der Waals surface area contributed by atoms with Crippen molar-refractivity contribution in [1.82, 2.24) is 19.7 Å². The number of carbonyl (C=O) groups is 3. The van der Waals surface area contributed by atoms with E-state index in [0.29, 0.717) is 39.3 Å². The highest BCUT2D eigenvalue weighted by atomic mass is 16.4. The first-order valence-corrected chi connectivity index (χ1v) is 9.86. The molecule has 9 nitrogen and oxygen atoms in total. The smallest absolute Gasteiger partial charge is 0.317 e. The number of pyridine rings is 1. The number of nitrogens with zero attached hydrogens (tertiary/aromatic N) is 4. The van der Waals surface area contributed by atoms with Crippen molar-refractivity contribution in [3.05, 3.63) is 29.6 Å². The summed E-state index contributed by atoms with van der Waals surface area (Å²) in [7, 11) is 0. The van der Waals surface area contributed by atoms with E-state index in [9.17, 15) is 14.4 Å². The number of hydrogen-bond donors (Lipinski definition) is 2. The number of carbonyl (C=O) groups excluding carboxylic acids is 1. The van der Waals surface area contributed by atoms with Crippen LogP contribution in [0.3, 0.4) is 0 Å². The molecule has 0 aliphatic carbocycles. The van der Waals surface area contributed by atoms with E-state index in [1.54, 1.807) is 9.80 Å². The highest BCUT2D eigenvalue weighted by Gasteiger charge is 2.18. The van der Waals surface area contributed by atoms with Crippen molar-refractivity contribution >= 4 is 17.7 Å². The Balaban J connectivity index is 0.00000204. The van der Waals surface area contributed by atoms with Gasteiger partial charge in [0.15, 0.2) is 0 Å². The summed E-state index contributed by atoms with van der Waals surface area (Å²) in [6, 6.07) is 5.52. The molecule has 0 amide bonds. The van der Waals surface area contributed by atoms with E-state index in [2.05, 4.69) is 4.98 Å². The van der Waals surface area contributed by atoms with Crippen LogP contribution in [-0.2, 0) is 27.5 Å². The lowest BCUT2D eigenvalue weighted by molar-refractivity contribution is -0.139. The lowest BCUT2D eigenvalue weighted by Crippen LogP contribution is -2.43. The van der Waals surface area contributed by atoms with Gasteiger partial charge in [-0.15, -0.1) is 0 Å². The van der Waals surface area contributed by atoms with Crippen LogP contribution in [0.4, 0.5) is 0 Å². The molecule has 1 aromatic rings. The highest BCUT2D eigenvalue weighted by molar-refractivity contribution is 5.77. The number of carboxylic acid groups (broad SMARTS) is 2. The zero-order chi connectivity index (χ0) is 21.8. The molecule has 1 aliphatic heterocycles. The monoisotopic (exact) mass is 408 g/mol. The van der Waals surface area contributed by atoms with E-state index in [1.807, 2.05) is 36.9 Å². The molecular formula is C20H32N4O5. The van der Waals surface area contributed by atoms with Crippen LogP contribution in [0.25, 0.3) is 0 Å². The molecule has 2 heterocycles. The Kier molecular flexibility index (Phi) is 11.0. The second-order valence-electron chi connectivity index (χ2n) is 6.81. The third kappa shape index (κ3) is 10.1. The molecule has 162 valence electrons. The summed E-state index contributed by atoms with van der Waals surface area (Å²) in [5, 5.41) is 18.3. The summed E-state index contributed by atoms with van der Waals surface area (Å²) in [4.78, 5) is 44.0. The topological polar surface area (TPSA) is 114 Å². The number of hydrogen-bond acceptors (Lipinski definition) is 7. The number of ketones is 1. The minimum atomic E-state index is -0.913. The quantitative estimate of drug-likeness (QED) is 0.705. The van der Waals surface area contributed by atoms with E-state index in [1.165, 1.54) is 6.92 Å². The molecule has 0 atom stereocenters. The van der Waals surface area contributed by atoms with Gasteiger partial charge < -0.3 is 10.2 Å². The first kappa shape index (κ1) is 24.7. The van der Waals surface area contributed by atoms with Crippen LogP contribution in [0.5, 0.6) is 0 Å². The number of carboxylic acids is 2. The summed E-state index contributed by atoms with van der Waals surface area (Å²) < 4.78 is 0. The fraction of sp³-hybridized carbons (Fsp3) is 0.600. The van der Waals surface area contributed by atoms with Crippen molar-refractivity contribution in [2.45, 2.75) is 33.9 Å². The van der Waals surface area contributed by atoms with Gasteiger partial charge in [0.2, 0.25) is 0 Å². The van der Waals surface area contributed by atoms with Crippen LogP contribution in [0, 0.1) is 0 Å². The van der Waals surface area contributed by atoms with E-state index >= 15 is 0 Å². The van der Waals surface area contributed by atoms with Gasteiger partial charge in [0.25, 0.3) is 0 Å². The molecule has 1 aliphatic rings. The zero-order valence-corrected chi connectivity index (χ0v) is 17.5. The summed E-state index contributed by atoms with van der Waals surface area (Å²) >= 11 is 0. The first-order chi connectivity index (χ1) is 13.8. The number of fused-ring (bicyclic) bond motifs is 2. The van der Waals surface area contributed by atoms with Crippen LogP contribution in [0.1, 0.15) is 32.2 Å². The largest absolute Gasteiger partial charge is 0.480 e. The van der Waals surface area contributed by atoms with Gasteiger partial charge in [-0.1, -0.05) is 19.9 Å². The Morgan fingerprint density at radius 3 is 1.62 bits per heavy atom. The van der Waals surface area contributed by atoms with Gasteiger partial charge in [-0.05, 0) is 19.1 Å². The third-order valence-electron chi connectivity index (χ3n) is 4.26. The van der Waals surface area contributed by atoms with Crippen LogP contribution < -0.4 is 0 Å². The molecule has 1 aromatic heterocycles. The molecule has 2 bridgehead atoms. The molecule has 0 unspecified atom stereocenters. The van der Waals surface area contributed by atoms with Crippen molar-refractivity contribution in [2.24, 2.45) is 0 Å². The number of rotatable bonds is 6. The second kappa shape index (κ2) is 13.0. The lowest BCUT2D eigenvalue weighted by Gasteiger charge is -2.29. The summed E-state index contributed by atoms with van der Waals surface area (Å²) in [5.74, 6) is -1.81. The minimum Gasteiger partial charge on any atom is -0.480 e. The van der Waals surface area contributed by atoms with Crippen molar-refractivity contribution in [2.75, 3.05) is 45.8 Å². The average Bonchev–Trinajstić information content (AvgIpc) is 2.63. The minimum absolute atomic E-state index is 0.0172.